The Morgan fingerprint density at radius 2 is 1.81 bits per heavy atom. The number of aromatic nitrogens is 2. The molecule has 0 saturated heterocycles. The van der Waals surface area contributed by atoms with Gasteiger partial charge in [-0.3, -0.25) is 15.1 Å². The van der Waals surface area contributed by atoms with Crippen molar-refractivity contribution in [3.8, 4) is 11.5 Å². The molecule has 0 aliphatic rings. The molecule has 0 fully saturated rings. The minimum Gasteiger partial charge on any atom is -0.465 e. The molecule has 4 rings (SSSR count). The number of nitrogens with one attached hydrogen (secondary N) is 1. The maximum Gasteiger partial charge on any atom is 0.337 e. The van der Waals surface area contributed by atoms with E-state index in [9.17, 15) is 18.4 Å². The zero-order chi connectivity index (χ0) is 22.0. The standard InChI is InChI=1S/C21H13F2N3O5/c1-29-20(28)11-2-5-18-16(8-11)25-21(31-18)26-19(27)17-10-13(6-7-24-17)30-12-3-4-14(22)15(23)9-12/h2-10H,1H3,(H,25,26,27). The molecular formula is C21H13F2N3O5. The summed E-state index contributed by atoms with van der Waals surface area (Å²) in [5.41, 5.74) is 0.954. The lowest BCUT2D eigenvalue weighted by molar-refractivity contribution is 0.0600. The second-order valence-corrected chi connectivity index (χ2v) is 6.20. The molecule has 0 atom stereocenters. The molecule has 0 aliphatic carbocycles. The maximum atomic E-state index is 13.3. The van der Waals surface area contributed by atoms with Crippen molar-refractivity contribution in [3.63, 3.8) is 0 Å². The Morgan fingerprint density at radius 3 is 2.58 bits per heavy atom. The van der Waals surface area contributed by atoms with Gasteiger partial charge in [0, 0.05) is 18.3 Å². The summed E-state index contributed by atoms with van der Waals surface area (Å²) in [5, 5.41) is 2.46. The van der Waals surface area contributed by atoms with E-state index in [1.54, 1.807) is 0 Å². The largest absolute Gasteiger partial charge is 0.465 e. The van der Waals surface area contributed by atoms with E-state index in [0.29, 0.717) is 11.1 Å². The van der Waals surface area contributed by atoms with Gasteiger partial charge >= 0.3 is 12.0 Å². The molecule has 0 bridgehead atoms. The molecule has 1 N–H and O–H groups in total. The number of ether oxygens (including phenoxy) is 2. The highest BCUT2D eigenvalue weighted by molar-refractivity contribution is 6.02. The molecule has 1 amide bonds. The summed E-state index contributed by atoms with van der Waals surface area (Å²) in [7, 11) is 1.26. The van der Waals surface area contributed by atoms with Crippen molar-refractivity contribution in [1.82, 2.24) is 9.97 Å². The Balaban J connectivity index is 1.51. The third-order valence-corrected chi connectivity index (χ3v) is 4.12. The van der Waals surface area contributed by atoms with Crippen LogP contribution in [0.5, 0.6) is 11.5 Å². The van der Waals surface area contributed by atoms with Gasteiger partial charge in [-0.25, -0.2) is 13.6 Å². The lowest BCUT2D eigenvalue weighted by Gasteiger charge is -2.07. The Hall–Kier alpha value is -4.34. The number of benzene rings is 2. The van der Waals surface area contributed by atoms with Crippen LogP contribution in [-0.4, -0.2) is 29.0 Å². The fraction of sp³-hybridized carbons (Fsp3) is 0.0476. The van der Waals surface area contributed by atoms with E-state index < -0.39 is 23.5 Å². The predicted molar refractivity (Wildman–Crippen MR) is 104 cm³/mol. The average molecular weight is 425 g/mol. The minimum atomic E-state index is -1.06. The number of esters is 1. The molecule has 0 spiro atoms. The monoisotopic (exact) mass is 425 g/mol. The number of methoxy groups -OCH3 is 1. The van der Waals surface area contributed by atoms with Crippen LogP contribution in [-0.2, 0) is 4.74 Å². The molecule has 2 heterocycles. The highest BCUT2D eigenvalue weighted by atomic mass is 19.2. The van der Waals surface area contributed by atoms with Crippen molar-refractivity contribution in [3.05, 3.63) is 77.6 Å². The number of nitrogens with zero attached hydrogens (tertiary/aromatic N) is 2. The fourth-order valence-corrected chi connectivity index (χ4v) is 2.66. The summed E-state index contributed by atoms with van der Waals surface area (Å²) in [5.74, 6) is -2.99. The van der Waals surface area contributed by atoms with E-state index in [-0.39, 0.29) is 28.8 Å². The Labute approximate surface area is 173 Å². The van der Waals surface area contributed by atoms with E-state index in [1.165, 1.54) is 49.7 Å². The first-order valence-electron chi connectivity index (χ1n) is 8.82. The average Bonchev–Trinajstić information content (AvgIpc) is 3.17. The molecule has 0 radical (unpaired) electrons. The first kappa shape index (κ1) is 20.0. The van der Waals surface area contributed by atoms with Crippen molar-refractivity contribution in [2.45, 2.75) is 0 Å². The number of halogens is 2. The van der Waals surface area contributed by atoms with Crippen LogP contribution >= 0.6 is 0 Å². The second kappa shape index (κ2) is 8.19. The number of amides is 1. The second-order valence-electron chi connectivity index (χ2n) is 6.20. The van der Waals surface area contributed by atoms with Gasteiger partial charge in [0.2, 0.25) is 0 Å². The van der Waals surface area contributed by atoms with Crippen molar-refractivity contribution in [2.24, 2.45) is 0 Å². The van der Waals surface area contributed by atoms with Gasteiger partial charge in [0.15, 0.2) is 17.2 Å². The minimum absolute atomic E-state index is 0.0300. The SMILES string of the molecule is COC(=O)c1ccc2oc(NC(=O)c3cc(Oc4ccc(F)c(F)c4)ccn3)nc2c1. The molecule has 4 aromatic rings. The summed E-state index contributed by atoms with van der Waals surface area (Å²) in [6, 6.07) is 10.2. The zero-order valence-corrected chi connectivity index (χ0v) is 15.9. The van der Waals surface area contributed by atoms with Gasteiger partial charge in [-0.05, 0) is 36.4 Å². The Bertz CT molecular complexity index is 1310. The highest BCUT2D eigenvalue weighted by Crippen LogP contribution is 2.24. The number of hydrogen-bond acceptors (Lipinski definition) is 7. The number of anilines is 1. The van der Waals surface area contributed by atoms with Crippen molar-refractivity contribution in [2.75, 3.05) is 12.4 Å². The molecule has 0 unspecified atom stereocenters. The Kier molecular flexibility index (Phi) is 5.27. The van der Waals surface area contributed by atoms with Gasteiger partial charge in [0.25, 0.3) is 5.91 Å². The molecule has 156 valence electrons. The fourth-order valence-electron chi connectivity index (χ4n) is 2.66. The first-order valence-corrected chi connectivity index (χ1v) is 8.82. The third-order valence-electron chi connectivity index (χ3n) is 4.12. The summed E-state index contributed by atoms with van der Waals surface area (Å²) in [6.45, 7) is 0. The van der Waals surface area contributed by atoms with Crippen LogP contribution < -0.4 is 10.1 Å². The van der Waals surface area contributed by atoms with Crippen LogP contribution in [0.15, 0.2) is 59.1 Å². The molecule has 31 heavy (non-hydrogen) atoms. The first-order chi connectivity index (χ1) is 14.9. The van der Waals surface area contributed by atoms with Crippen LogP contribution in [0, 0.1) is 11.6 Å². The van der Waals surface area contributed by atoms with E-state index >= 15 is 0 Å². The maximum absolute atomic E-state index is 13.3. The lowest BCUT2D eigenvalue weighted by Crippen LogP contribution is -2.13. The number of rotatable bonds is 5. The number of carbonyl (C=O) groups is 2. The topological polar surface area (TPSA) is 104 Å². The van der Waals surface area contributed by atoms with Crippen LogP contribution in [0.3, 0.4) is 0 Å². The molecule has 10 heteroatoms. The molecular weight excluding hydrogens is 412 g/mol. The normalized spacial score (nSPS) is 10.7. The molecule has 0 saturated carbocycles. The predicted octanol–water partition coefficient (Wildman–Crippen LogP) is 4.33. The zero-order valence-electron chi connectivity index (χ0n) is 15.9. The quantitative estimate of drug-likeness (QED) is 0.475. The lowest BCUT2D eigenvalue weighted by atomic mass is 10.2. The van der Waals surface area contributed by atoms with Gasteiger partial charge in [-0.1, -0.05) is 0 Å². The van der Waals surface area contributed by atoms with E-state index in [2.05, 4.69) is 20.0 Å². The molecule has 2 aromatic carbocycles. The summed E-state index contributed by atoms with van der Waals surface area (Å²) >= 11 is 0. The smallest absolute Gasteiger partial charge is 0.337 e. The van der Waals surface area contributed by atoms with Gasteiger partial charge < -0.3 is 13.9 Å². The van der Waals surface area contributed by atoms with Crippen LogP contribution in [0.4, 0.5) is 14.8 Å². The summed E-state index contributed by atoms with van der Waals surface area (Å²) < 4.78 is 41.9. The summed E-state index contributed by atoms with van der Waals surface area (Å²) in [6.07, 6.45) is 1.32. The van der Waals surface area contributed by atoms with Crippen molar-refractivity contribution < 1.29 is 32.3 Å². The number of fused-ring (bicyclic) bond motifs is 1. The van der Waals surface area contributed by atoms with Gasteiger partial charge in [-0.2, -0.15) is 4.98 Å². The number of pyridine rings is 1. The van der Waals surface area contributed by atoms with Gasteiger partial charge in [-0.15, -0.1) is 0 Å². The number of oxazole rings is 1. The summed E-state index contributed by atoms with van der Waals surface area (Å²) in [4.78, 5) is 32.2. The molecule has 0 aliphatic heterocycles. The molecule has 2 aromatic heterocycles. The van der Waals surface area contributed by atoms with Gasteiger partial charge in [0.05, 0.1) is 12.7 Å². The van der Waals surface area contributed by atoms with Crippen molar-refractivity contribution >= 4 is 29.0 Å². The number of carbonyl (C=O) groups excluding carboxylic acids is 2. The highest BCUT2D eigenvalue weighted by Gasteiger charge is 2.15. The Morgan fingerprint density at radius 1 is 1.00 bits per heavy atom. The van der Waals surface area contributed by atoms with Crippen LogP contribution in [0.1, 0.15) is 20.8 Å². The van der Waals surface area contributed by atoms with Crippen molar-refractivity contribution in [1.29, 1.82) is 0 Å². The molecule has 8 nitrogen and oxygen atoms in total. The van der Waals surface area contributed by atoms with Gasteiger partial charge in [0.1, 0.15) is 22.7 Å². The van der Waals surface area contributed by atoms with Crippen LogP contribution in [0.2, 0.25) is 0 Å². The van der Waals surface area contributed by atoms with E-state index in [0.717, 1.165) is 12.1 Å². The third kappa shape index (κ3) is 4.32. The van der Waals surface area contributed by atoms with Crippen LogP contribution in [0.25, 0.3) is 11.1 Å². The van der Waals surface area contributed by atoms with E-state index in [4.69, 9.17) is 9.15 Å². The number of hydrogen-bond donors (Lipinski definition) is 1. The van der Waals surface area contributed by atoms with E-state index in [1.807, 2.05) is 0 Å².